The molecule has 0 aromatic heterocycles. The van der Waals surface area contributed by atoms with Crippen LogP contribution in [0.1, 0.15) is 18.1 Å². The highest BCUT2D eigenvalue weighted by molar-refractivity contribution is 5.70. The minimum Gasteiger partial charge on any atom is -0.344 e. The molecule has 0 atom stereocenters. The highest BCUT2D eigenvalue weighted by atomic mass is 16.6. The van der Waals surface area contributed by atoms with Crippen molar-refractivity contribution < 1.29 is 4.92 Å². The molecule has 0 saturated heterocycles. The summed E-state index contributed by atoms with van der Waals surface area (Å²) in [5.41, 5.74) is 3.01. The number of nitro groups is 1. The number of nitro benzene ring substituents is 1. The molecule has 2 rings (SSSR count). The molecular formula is C16H15N3O2. The fourth-order valence-corrected chi connectivity index (χ4v) is 2.11. The Morgan fingerprint density at radius 3 is 2.43 bits per heavy atom. The third-order valence-electron chi connectivity index (χ3n) is 3.40. The van der Waals surface area contributed by atoms with Gasteiger partial charge in [0.25, 0.3) is 5.69 Å². The number of anilines is 2. The molecule has 106 valence electrons. The van der Waals surface area contributed by atoms with E-state index >= 15 is 0 Å². The molecule has 0 unspecified atom stereocenters. The molecule has 0 aliphatic heterocycles. The summed E-state index contributed by atoms with van der Waals surface area (Å²) in [5, 5.41) is 20.0. The first-order chi connectivity index (χ1) is 10.1. The first-order valence-electron chi connectivity index (χ1n) is 6.58. The molecule has 0 bridgehead atoms. The topological polar surface area (TPSA) is 70.2 Å². The minimum atomic E-state index is -0.499. The molecule has 0 saturated carbocycles. The molecule has 0 fully saturated rings. The monoisotopic (exact) mass is 281 g/mol. The second-order valence-corrected chi connectivity index (χ2v) is 4.65. The number of non-ortho nitro benzene ring substituents is 1. The van der Waals surface area contributed by atoms with E-state index in [1.807, 2.05) is 42.3 Å². The fourth-order valence-electron chi connectivity index (χ4n) is 2.11. The Balaban J connectivity index is 2.40. The molecule has 2 aromatic carbocycles. The number of benzene rings is 2. The zero-order valence-electron chi connectivity index (χ0n) is 11.9. The first-order valence-corrected chi connectivity index (χ1v) is 6.58. The predicted octanol–water partition coefficient (Wildman–Crippen LogP) is 3.80. The van der Waals surface area contributed by atoms with Crippen molar-refractivity contribution in [1.29, 1.82) is 5.26 Å². The van der Waals surface area contributed by atoms with Gasteiger partial charge in [0.2, 0.25) is 0 Å². The fraction of sp³-hybridized carbons (Fsp3) is 0.188. The number of nitriles is 1. The quantitative estimate of drug-likeness (QED) is 0.631. The molecule has 0 spiro atoms. The van der Waals surface area contributed by atoms with Crippen LogP contribution in [-0.4, -0.2) is 12.0 Å². The van der Waals surface area contributed by atoms with Gasteiger partial charge in [-0.1, -0.05) is 19.1 Å². The van der Waals surface area contributed by atoms with Crippen molar-refractivity contribution in [2.24, 2.45) is 0 Å². The van der Waals surface area contributed by atoms with Gasteiger partial charge in [-0.15, -0.1) is 0 Å². The van der Waals surface area contributed by atoms with Crippen LogP contribution in [0.5, 0.6) is 0 Å². The van der Waals surface area contributed by atoms with E-state index in [0.717, 1.165) is 12.1 Å². The van der Waals surface area contributed by atoms with E-state index in [1.54, 1.807) is 6.07 Å². The summed E-state index contributed by atoms with van der Waals surface area (Å²) in [5.74, 6) is 0. The van der Waals surface area contributed by atoms with Crippen LogP contribution in [-0.2, 0) is 6.42 Å². The molecule has 0 radical (unpaired) electrons. The van der Waals surface area contributed by atoms with Crippen molar-refractivity contribution in [3.8, 4) is 6.07 Å². The summed E-state index contributed by atoms with van der Waals surface area (Å²) in [4.78, 5) is 12.1. The Kier molecular flexibility index (Phi) is 4.19. The molecule has 0 aliphatic rings. The lowest BCUT2D eigenvalue weighted by molar-refractivity contribution is -0.384. The Labute approximate surface area is 123 Å². The summed E-state index contributed by atoms with van der Waals surface area (Å²) in [6.07, 6.45) is 0.963. The smallest absolute Gasteiger partial charge is 0.270 e. The lowest BCUT2D eigenvalue weighted by atomic mass is 10.1. The lowest BCUT2D eigenvalue weighted by Gasteiger charge is -2.20. The van der Waals surface area contributed by atoms with Crippen LogP contribution in [0.15, 0.2) is 42.5 Å². The zero-order chi connectivity index (χ0) is 15.4. The molecular weight excluding hydrogens is 266 g/mol. The third-order valence-corrected chi connectivity index (χ3v) is 3.40. The van der Waals surface area contributed by atoms with Gasteiger partial charge in [-0.25, -0.2) is 0 Å². The van der Waals surface area contributed by atoms with Crippen molar-refractivity contribution in [3.05, 3.63) is 63.7 Å². The predicted molar refractivity (Wildman–Crippen MR) is 81.7 cm³/mol. The molecule has 0 N–H and O–H groups in total. The van der Waals surface area contributed by atoms with Gasteiger partial charge in [-0.3, -0.25) is 10.1 Å². The largest absolute Gasteiger partial charge is 0.344 e. The van der Waals surface area contributed by atoms with Crippen LogP contribution in [0, 0.1) is 21.4 Å². The standard InChI is InChI=1S/C16H15N3O2/c1-3-12-4-6-14(7-5-12)18(2)16-9-8-15(19(20)21)10-13(16)11-17/h4-10H,3H2,1-2H3. The second-order valence-electron chi connectivity index (χ2n) is 4.65. The summed E-state index contributed by atoms with van der Waals surface area (Å²) in [7, 11) is 1.84. The number of rotatable bonds is 4. The van der Waals surface area contributed by atoms with Crippen LogP contribution >= 0.6 is 0 Å². The second kappa shape index (κ2) is 6.06. The van der Waals surface area contributed by atoms with Gasteiger partial charge in [0.05, 0.1) is 16.2 Å². The van der Waals surface area contributed by atoms with E-state index in [4.69, 9.17) is 0 Å². The number of aryl methyl sites for hydroxylation is 1. The Hall–Kier alpha value is -2.87. The molecule has 21 heavy (non-hydrogen) atoms. The Bertz CT molecular complexity index is 702. The van der Waals surface area contributed by atoms with E-state index in [-0.39, 0.29) is 11.3 Å². The Morgan fingerprint density at radius 2 is 1.90 bits per heavy atom. The van der Waals surface area contributed by atoms with E-state index in [1.165, 1.54) is 17.7 Å². The van der Waals surface area contributed by atoms with Crippen LogP contribution in [0.4, 0.5) is 17.1 Å². The molecule has 0 amide bonds. The summed E-state index contributed by atoms with van der Waals surface area (Å²) in [6.45, 7) is 2.09. The average molecular weight is 281 g/mol. The third kappa shape index (κ3) is 3.00. The van der Waals surface area contributed by atoms with Crippen molar-refractivity contribution in [2.45, 2.75) is 13.3 Å². The number of hydrogen-bond acceptors (Lipinski definition) is 4. The molecule has 2 aromatic rings. The van der Waals surface area contributed by atoms with Crippen LogP contribution in [0.3, 0.4) is 0 Å². The number of nitrogens with zero attached hydrogens (tertiary/aromatic N) is 3. The van der Waals surface area contributed by atoms with Gasteiger partial charge in [-0.2, -0.15) is 5.26 Å². The van der Waals surface area contributed by atoms with E-state index in [0.29, 0.717) is 5.69 Å². The maximum Gasteiger partial charge on any atom is 0.270 e. The van der Waals surface area contributed by atoms with Crippen molar-refractivity contribution in [1.82, 2.24) is 0 Å². The van der Waals surface area contributed by atoms with Gasteiger partial charge < -0.3 is 4.90 Å². The van der Waals surface area contributed by atoms with Gasteiger partial charge in [-0.05, 0) is 30.2 Å². The highest BCUT2D eigenvalue weighted by Gasteiger charge is 2.14. The van der Waals surface area contributed by atoms with Gasteiger partial charge in [0.15, 0.2) is 0 Å². The highest BCUT2D eigenvalue weighted by Crippen LogP contribution is 2.29. The van der Waals surface area contributed by atoms with Crippen molar-refractivity contribution in [2.75, 3.05) is 11.9 Å². The normalized spacial score (nSPS) is 9.95. The summed E-state index contributed by atoms with van der Waals surface area (Å²) in [6, 6.07) is 14.3. The molecule has 5 nitrogen and oxygen atoms in total. The maximum atomic E-state index is 10.8. The maximum absolute atomic E-state index is 10.8. The average Bonchev–Trinajstić information content (AvgIpc) is 2.53. The summed E-state index contributed by atoms with van der Waals surface area (Å²) >= 11 is 0. The van der Waals surface area contributed by atoms with Crippen LogP contribution in [0.25, 0.3) is 0 Å². The van der Waals surface area contributed by atoms with E-state index in [9.17, 15) is 15.4 Å². The lowest BCUT2D eigenvalue weighted by Crippen LogP contribution is -2.11. The minimum absolute atomic E-state index is 0.0787. The first kappa shape index (κ1) is 14.5. The van der Waals surface area contributed by atoms with Gasteiger partial charge in [0, 0.05) is 24.9 Å². The van der Waals surface area contributed by atoms with Crippen LogP contribution < -0.4 is 4.90 Å². The van der Waals surface area contributed by atoms with E-state index < -0.39 is 4.92 Å². The SMILES string of the molecule is CCc1ccc(N(C)c2ccc([N+](=O)[O-])cc2C#N)cc1. The molecule has 5 heteroatoms. The van der Waals surface area contributed by atoms with Crippen LogP contribution in [0.2, 0.25) is 0 Å². The molecule has 0 aliphatic carbocycles. The van der Waals surface area contributed by atoms with Gasteiger partial charge in [0.1, 0.15) is 6.07 Å². The zero-order valence-corrected chi connectivity index (χ0v) is 11.9. The van der Waals surface area contributed by atoms with Gasteiger partial charge >= 0.3 is 0 Å². The Morgan fingerprint density at radius 1 is 1.24 bits per heavy atom. The van der Waals surface area contributed by atoms with Crippen molar-refractivity contribution >= 4 is 17.1 Å². The van der Waals surface area contributed by atoms with Crippen molar-refractivity contribution in [3.63, 3.8) is 0 Å². The van der Waals surface area contributed by atoms with E-state index in [2.05, 4.69) is 6.92 Å². The number of hydrogen-bond donors (Lipinski definition) is 0. The summed E-state index contributed by atoms with van der Waals surface area (Å²) < 4.78 is 0. The molecule has 0 heterocycles.